The molecular weight excluding hydrogens is 352 g/mol. The molecule has 2 saturated heterocycles. The minimum absolute atomic E-state index is 0.0911. The van der Waals surface area contributed by atoms with Gasteiger partial charge in [-0.3, -0.25) is 9.59 Å². The monoisotopic (exact) mass is 386 g/mol. The van der Waals surface area contributed by atoms with Crippen LogP contribution in [0.1, 0.15) is 56.1 Å². The Hall–Kier alpha value is -2.04. The van der Waals surface area contributed by atoms with Gasteiger partial charge in [0.25, 0.3) is 0 Å². The lowest BCUT2D eigenvalue weighted by Gasteiger charge is -2.34. The molecule has 0 bridgehead atoms. The van der Waals surface area contributed by atoms with Crippen LogP contribution in [0.5, 0.6) is 5.75 Å². The number of nitrogens with zero attached hydrogens (tertiary/aromatic N) is 2. The van der Waals surface area contributed by atoms with E-state index < -0.39 is 0 Å². The lowest BCUT2D eigenvalue weighted by molar-refractivity contribution is -0.141. The lowest BCUT2D eigenvalue weighted by atomic mass is 9.95. The van der Waals surface area contributed by atoms with Gasteiger partial charge in [0.2, 0.25) is 11.8 Å². The molecule has 5 nitrogen and oxygen atoms in total. The van der Waals surface area contributed by atoms with Crippen LogP contribution in [0.25, 0.3) is 0 Å². The van der Waals surface area contributed by atoms with Gasteiger partial charge in [-0.25, -0.2) is 0 Å². The van der Waals surface area contributed by atoms with E-state index in [0.29, 0.717) is 32.0 Å². The van der Waals surface area contributed by atoms with Crippen LogP contribution >= 0.6 is 0 Å². The van der Waals surface area contributed by atoms with Crippen LogP contribution in [0.15, 0.2) is 18.2 Å². The standard InChI is InChI=1S/C23H34N2O3/c1-18-7-8-19(2)21(17-18)28-16-11-22(26)24-14-9-20(10-15-24)23(27)25-12-5-3-4-6-13-25/h7-8,17,20H,3-6,9-16H2,1-2H3. The van der Waals surface area contributed by atoms with Gasteiger partial charge in [0, 0.05) is 32.1 Å². The predicted octanol–water partition coefficient (Wildman–Crippen LogP) is 3.71. The second-order valence-corrected chi connectivity index (χ2v) is 8.26. The largest absolute Gasteiger partial charge is 0.493 e. The van der Waals surface area contributed by atoms with Gasteiger partial charge in [0.05, 0.1) is 13.0 Å². The fraction of sp³-hybridized carbons (Fsp3) is 0.652. The SMILES string of the molecule is Cc1ccc(C)c(OCCC(=O)N2CCC(C(=O)N3CCCCCC3)CC2)c1. The third kappa shape index (κ3) is 5.49. The first-order chi connectivity index (χ1) is 13.5. The average molecular weight is 387 g/mol. The normalized spacial score (nSPS) is 18.6. The number of hydrogen-bond donors (Lipinski definition) is 0. The van der Waals surface area contributed by atoms with Crippen molar-refractivity contribution in [1.82, 2.24) is 9.80 Å². The molecule has 0 radical (unpaired) electrons. The minimum atomic E-state index is 0.0911. The highest BCUT2D eigenvalue weighted by molar-refractivity contribution is 5.80. The van der Waals surface area contributed by atoms with E-state index in [4.69, 9.17) is 4.74 Å². The van der Waals surface area contributed by atoms with Crippen LogP contribution in [0.4, 0.5) is 0 Å². The summed E-state index contributed by atoms with van der Waals surface area (Å²) in [5.41, 5.74) is 2.24. The van der Waals surface area contributed by atoms with Gasteiger partial charge in [-0.05, 0) is 56.7 Å². The number of likely N-dealkylation sites (tertiary alicyclic amines) is 2. The fourth-order valence-electron chi connectivity index (χ4n) is 4.19. The van der Waals surface area contributed by atoms with Gasteiger partial charge >= 0.3 is 0 Å². The maximum Gasteiger partial charge on any atom is 0.225 e. The van der Waals surface area contributed by atoms with E-state index in [0.717, 1.165) is 55.6 Å². The molecule has 2 aliphatic heterocycles. The molecule has 2 fully saturated rings. The van der Waals surface area contributed by atoms with Gasteiger partial charge in [0.1, 0.15) is 5.75 Å². The zero-order valence-corrected chi connectivity index (χ0v) is 17.4. The van der Waals surface area contributed by atoms with Crippen LogP contribution in [-0.4, -0.2) is 54.4 Å². The minimum Gasteiger partial charge on any atom is -0.493 e. The van der Waals surface area contributed by atoms with E-state index >= 15 is 0 Å². The van der Waals surface area contributed by atoms with Gasteiger partial charge < -0.3 is 14.5 Å². The number of hydrogen-bond acceptors (Lipinski definition) is 3. The number of ether oxygens (including phenoxy) is 1. The highest BCUT2D eigenvalue weighted by Crippen LogP contribution is 2.23. The Kier molecular flexibility index (Phi) is 7.35. The second-order valence-electron chi connectivity index (χ2n) is 8.26. The average Bonchev–Trinajstić information content (AvgIpc) is 2.99. The van der Waals surface area contributed by atoms with E-state index in [1.54, 1.807) is 0 Å². The van der Waals surface area contributed by atoms with Gasteiger partial charge in [-0.2, -0.15) is 0 Å². The summed E-state index contributed by atoms with van der Waals surface area (Å²) in [6, 6.07) is 6.11. The molecule has 2 amide bonds. The Morgan fingerprint density at radius 2 is 1.64 bits per heavy atom. The molecule has 28 heavy (non-hydrogen) atoms. The van der Waals surface area contributed by atoms with Crippen molar-refractivity contribution < 1.29 is 14.3 Å². The van der Waals surface area contributed by atoms with Gasteiger partial charge in [0.15, 0.2) is 0 Å². The molecule has 3 rings (SSSR count). The van der Waals surface area contributed by atoms with Crippen LogP contribution in [-0.2, 0) is 9.59 Å². The molecule has 0 saturated carbocycles. The molecule has 154 valence electrons. The van der Waals surface area contributed by atoms with Crippen LogP contribution in [0, 0.1) is 19.8 Å². The molecule has 0 aliphatic carbocycles. The number of benzene rings is 1. The Bertz CT molecular complexity index is 672. The van der Waals surface area contributed by atoms with Crippen LogP contribution in [0.3, 0.4) is 0 Å². The molecule has 0 aromatic heterocycles. The van der Waals surface area contributed by atoms with Crippen LogP contribution < -0.4 is 4.74 Å². The van der Waals surface area contributed by atoms with Crippen molar-refractivity contribution >= 4 is 11.8 Å². The molecule has 1 aromatic rings. The molecule has 2 aliphatic rings. The van der Waals surface area contributed by atoms with Crippen molar-refractivity contribution in [3.8, 4) is 5.75 Å². The Balaban J connectivity index is 1.41. The zero-order chi connectivity index (χ0) is 19.9. The summed E-state index contributed by atoms with van der Waals surface area (Å²) in [5.74, 6) is 1.39. The van der Waals surface area contributed by atoms with Gasteiger partial charge in [-0.1, -0.05) is 25.0 Å². The van der Waals surface area contributed by atoms with Crippen molar-refractivity contribution in [1.29, 1.82) is 0 Å². The molecule has 1 aromatic carbocycles. The summed E-state index contributed by atoms with van der Waals surface area (Å²) in [7, 11) is 0. The molecule has 5 heteroatoms. The summed E-state index contributed by atoms with van der Waals surface area (Å²) in [4.78, 5) is 29.3. The Labute approximate surface area is 169 Å². The van der Waals surface area contributed by atoms with E-state index in [-0.39, 0.29) is 11.8 Å². The maximum absolute atomic E-state index is 12.8. The van der Waals surface area contributed by atoms with Crippen molar-refractivity contribution in [2.24, 2.45) is 5.92 Å². The Morgan fingerprint density at radius 1 is 0.964 bits per heavy atom. The second kappa shape index (κ2) is 9.94. The summed E-state index contributed by atoms with van der Waals surface area (Å²) < 4.78 is 5.82. The van der Waals surface area contributed by atoms with E-state index in [1.165, 1.54) is 12.8 Å². The first-order valence-corrected chi connectivity index (χ1v) is 10.8. The third-order valence-electron chi connectivity index (χ3n) is 6.03. The molecule has 0 atom stereocenters. The number of piperidine rings is 1. The van der Waals surface area contributed by atoms with E-state index in [9.17, 15) is 9.59 Å². The predicted molar refractivity (Wildman–Crippen MR) is 110 cm³/mol. The lowest BCUT2D eigenvalue weighted by Crippen LogP contribution is -2.44. The van der Waals surface area contributed by atoms with E-state index in [1.807, 2.05) is 30.9 Å². The molecular formula is C23H34N2O3. The number of aryl methyl sites for hydroxylation is 2. The number of carbonyl (C=O) groups is 2. The summed E-state index contributed by atoms with van der Waals surface area (Å²) >= 11 is 0. The fourth-order valence-corrected chi connectivity index (χ4v) is 4.19. The number of amides is 2. The van der Waals surface area contributed by atoms with Gasteiger partial charge in [-0.15, -0.1) is 0 Å². The maximum atomic E-state index is 12.8. The highest BCUT2D eigenvalue weighted by Gasteiger charge is 2.30. The first-order valence-electron chi connectivity index (χ1n) is 10.8. The quantitative estimate of drug-likeness (QED) is 0.775. The molecule has 0 unspecified atom stereocenters. The number of carbonyl (C=O) groups excluding carboxylic acids is 2. The smallest absolute Gasteiger partial charge is 0.225 e. The molecule has 2 heterocycles. The highest BCUT2D eigenvalue weighted by atomic mass is 16.5. The third-order valence-corrected chi connectivity index (χ3v) is 6.03. The summed E-state index contributed by atoms with van der Waals surface area (Å²) in [5, 5.41) is 0. The zero-order valence-electron chi connectivity index (χ0n) is 17.4. The first kappa shape index (κ1) is 20.7. The van der Waals surface area contributed by atoms with Crippen molar-refractivity contribution in [2.45, 2.75) is 58.8 Å². The van der Waals surface area contributed by atoms with Crippen molar-refractivity contribution in [3.63, 3.8) is 0 Å². The Morgan fingerprint density at radius 3 is 2.32 bits per heavy atom. The summed E-state index contributed by atoms with van der Waals surface area (Å²) in [6.45, 7) is 7.65. The van der Waals surface area contributed by atoms with E-state index in [2.05, 4.69) is 11.0 Å². The number of rotatable bonds is 5. The molecule has 0 N–H and O–H groups in total. The van der Waals surface area contributed by atoms with Crippen molar-refractivity contribution in [2.75, 3.05) is 32.8 Å². The van der Waals surface area contributed by atoms with Crippen LogP contribution in [0.2, 0.25) is 0 Å². The topological polar surface area (TPSA) is 49.9 Å². The van der Waals surface area contributed by atoms with Crippen molar-refractivity contribution in [3.05, 3.63) is 29.3 Å². The molecule has 0 spiro atoms. The summed E-state index contributed by atoms with van der Waals surface area (Å²) in [6.07, 6.45) is 6.70.